The Hall–Kier alpha value is -2.16. The van der Waals surface area contributed by atoms with Crippen molar-refractivity contribution in [3.8, 4) is 0 Å². The summed E-state index contributed by atoms with van der Waals surface area (Å²) in [4.78, 5) is 35.5. The molecule has 20 heavy (non-hydrogen) atoms. The molecule has 1 aromatic rings. The third kappa shape index (κ3) is 1.90. The van der Waals surface area contributed by atoms with Gasteiger partial charge in [-0.25, -0.2) is 27.9 Å². The zero-order valence-electron chi connectivity index (χ0n) is 10.4. The maximum atomic E-state index is 11.9. The lowest BCUT2D eigenvalue weighted by Crippen LogP contribution is -2.57. The van der Waals surface area contributed by atoms with Gasteiger partial charge in [0.05, 0.1) is 24.0 Å². The standard InChI is InChI=1S/C12H11N2O5S/c1-8(15)14(11(16)6-7-12(14)17)9-2-4-10(5-3-9)20(13,18)19/h2-7H,1H3,(H2,13,18,19)/q+1. The number of primary sulfonamides is 1. The molecule has 0 bridgehead atoms. The summed E-state index contributed by atoms with van der Waals surface area (Å²) >= 11 is 0. The van der Waals surface area contributed by atoms with Crippen LogP contribution in [0, 0.1) is 0 Å². The fraction of sp³-hybridized carbons (Fsp3) is 0.0833. The van der Waals surface area contributed by atoms with Crippen molar-refractivity contribution >= 4 is 33.4 Å². The number of carbonyl (C=O) groups is 3. The van der Waals surface area contributed by atoms with E-state index in [0.717, 1.165) is 31.2 Å². The molecule has 0 aromatic heterocycles. The predicted octanol–water partition coefficient (Wildman–Crippen LogP) is -0.189. The number of hydrogen-bond acceptors (Lipinski definition) is 5. The van der Waals surface area contributed by atoms with Gasteiger partial charge in [-0.1, -0.05) is 4.48 Å². The molecule has 0 saturated carbocycles. The largest absolute Gasteiger partial charge is 0.359 e. The number of hydrogen-bond donors (Lipinski definition) is 1. The van der Waals surface area contributed by atoms with E-state index in [1.807, 2.05) is 0 Å². The molecule has 1 heterocycles. The van der Waals surface area contributed by atoms with Crippen molar-refractivity contribution in [2.24, 2.45) is 5.14 Å². The van der Waals surface area contributed by atoms with Crippen LogP contribution < -0.4 is 9.62 Å². The lowest BCUT2D eigenvalue weighted by Gasteiger charge is -2.23. The van der Waals surface area contributed by atoms with E-state index >= 15 is 0 Å². The van der Waals surface area contributed by atoms with Gasteiger partial charge in [0.2, 0.25) is 10.0 Å². The molecule has 0 atom stereocenters. The number of quaternary nitrogens is 1. The molecule has 2 N–H and O–H groups in total. The molecular formula is C12H11N2O5S+. The average Bonchev–Trinajstić information content (AvgIpc) is 2.65. The molecule has 0 unspecified atom stereocenters. The minimum Gasteiger partial charge on any atom is -0.230 e. The van der Waals surface area contributed by atoms with Crippen LogP contribution >= 0.6 is 0 Å². The van der Waals surface area contributed by atoms with Gasteiger partial charge in [-0.05, 0) is 12.1 Å². The lowest BCUT2D eigenvalue weighted by molar-refractivity contribution is -0.146. The highest BCUT2D eigenvalue weighted by atomic mass is 32.2. The quantitative estimate of drug-likeness (QED) is 0.600. The van der Waals surface area contributed by atoms with Crippen molar-refractivity contribution in [2.45, 2.75) is 11.8 Å². The number of rotatable bonds is 2. The summed E-state index contributed by atoms with van der Waals surface area (Å²) in [6, 6.07) is 4.74. The number of imide groups is 3. The fourth-order valence-corrected chi connectivity index (χ4v) is 2.60. The Morgan fingerprint density at radius 1 is 1.05 bits per heavy atom. The maximum absolute atomic E-state index is 11.9. The topological polar surface area (TPSA) is 111 Å². The molecule has 0 radical (unpaired) electrons. The van der Waals surface area contributed by atoms with Gasteiger partial charge in [0.25, 0.3) is 0 Å². The van der Waals surface area contributed by atoms with Crippen LogP contribution in [0.3, 0.4) is 0 Å². The van der Waals surface area contributed by atoms with Crippen molar-refractivity contribution in [1.82, 2.24) is 4.48 Å². The molecule has 7 nitrogen and oxygen atoms in total. The first-order chi connectivity index (χ1) is 9.20. The number of nitrogens with zero attached hydrogens (tertiary/aromatic N) is 1. The SMILES string of the molecule is CC(=O)[N+]1(c2ccc(S(N)(=O)=O)cc2)C(=O)C=CC1=O. The van der Waals surface area contributed by atoms with Crippen molar-refractivity contribution in [3.05, 3.63) is 36.4 Å². The highest BCUT2D eigenvalue weighted by Gasteiger charge is 2.53. The van der Waals surface area contributed by atoms with E-state index in [1.54, 1.807) is 0 Å². The van der Waals surface area contributed by atoms with Crippen LogP contribution in [0.2, 0.25) is 0 Å². The summed E-state index contributed by atoms with van der Waals surface area (Å²) < 4.78 is 21.2. The second-order valence-electron chi connectivity index (χ2n) is 4.24. The lowest BCUT2D eigenvalue weighted by atomic mass is 10.2. The molecule has 0 spiro atoms. The van der Waals surface area contributed by atoms with Crippen LogP contribution in [0.1, 0.15) is 6.92 Å². The number of amides is 3. The van der Waals surface area contributed by atoms with Crippen molar-refractivity contribution in [1.29, 1.82) is 0 Å². The Morgan fingerprint density at radius 3 is 1.85 bits per heavy atom. The molecule has 1 aromatic carbocycles. The van der Waals surface area contributed by atoms with Gasteiger partial charge < -0.3 is 0 Å². The summed E-state index contributed by atoms with van der Waals surface area (Å²) in [6.07, 6.45) is 2.05. The molecule has 1 aliphatic rings. The van der Waals surface area contributed by atoms with E-state index in [1.165, 1.54) is 12.1 Å². The molecule has 0 saturated heterocycles. The first-order valence-corrected chi connectivity index (χ1v) is 7.06. The Bertz CT molecular complexity index is 729. The second-order valence-corrected chi connectivity index (χ2v) is 5.80. The van der Waals surface area contributed by atoms with Gasteiger partial charge in [-0.2, -0.15) is 0 Å². The number of carbonyl (C=O) groups excluding carboxylic acids is 3. The maximum Gasteiger partial charge on any atom is 0.359 e. The summed E-state index contributed by atoms with van der Waals surface area (Å²) in [5.41, 5.74) is 0.0740. The average molecular weight is 295 g/mol. The van der Waals surface area contributed by atoms with Crippen LogP contribution in [0.5, 0.6) is 0 Å². The third-order valence-corrected chi connectivity index (χ3v) is 3.98. The smallest absolute Gasteiger partial charge is 0.230 e. The highest BCUT2D eigenvalue weighted by Crippen LogP contribution is 2.29. The van der Waals surface area contributed by atoms with Crippen LogP contribution in [0.4, 0.5) is 5.69 Å². The van der Waals surface area contributed by atoms with E-state index in [4.69, 9.17) is 5.14 Å². The van der Waals surface area contributed by atoms with E-state index < -0.39 is 32.2 Å². The third-order valence-electron chi connectivity index (χ3n) is 3.05. The van der Waals surface area contributed by atoms with E-state index in [2.05, 4.69) is 0 Å². The Kier molecular flexibility index (Phi) is 3.17. The first kappa shape index (κ1) is 14.3. The molecule has 1 aliphatic heterocycles. The van der Waals surface area contributed by atoms with Gasteiger partial charge in [-0.15, -0.1) is 0 Å². The van der Waals surface area contributed by atoms with Gasteiger partial charge in [0.15, 0.2) is 5.69 Å². The van der Waals surface area contributed by atoms with Crippen LogP contribution in [0.25, 0.3) is 0 Å². The highest BCUT2D eigenvalue weighted by molar-refractivity contribution is 7.89. The normalized spacial score (nSPS) is 17.5. The number of benzene rings is 1. The molecule has 0 fully saturated rings. The van der Waals surface area contributed by atoms with Gasteiger partial charge in [0.1, 0.15) is 0 Å². The zero-order chi connectivity index (χ0) is 15.1. The van der Waals surface area contributed by atoms with Crippen LogP contribution in [-0.4, -0.2) is 26.1 Å². The Morgan fingerprint density at radius 2 is 1.50 bits per heavy atom. The molecular weight excluding hydrogens is 284 g/mol. The van der Waals surface area contributed by atoms with E-state index in [9.17, 15) is 22.8 Å². The molecule has 0 aliphatic carbocycles. The van der Waals surface area contributed by atoms with Crippen LogP contribution in [-0.2, 0) is 24.4 Å². The first-order valence-electron chi connectivity index (χ1n) is 5.51. The zero-order valence-corrected chi connectivity index (χ0v) is 11.3. The van der Waals surface area contributed by atoms with Crippen molar-refractivity contribution in [3.63, 3.8) is 0 Å². The fourth-order valence-electron chi connectivity index (χ4n) is 2.08. The van der Waals surface area contributed by atoms with E-state index in [-0.39, 0.29) is 10.6 Å². The summed E-state index contributed by atoms with van der Waals surface area (Å²) in [7, 11) is -3.89. The number of sulfonamides is 1. The monoisotopic (exact) mass is 295 g/mol. The Labute approximate surface area is 114 Å². The molecule has 104 valence electrons. The molecule has 3 amide bonds. The molecule has 2 rings (SSSR count). The van der Waals surface area contributed by atoms with Gasteiger partial charge >= 0.3 is 17.7 Å². The summed E-state index contributed by atoms with van der Waals surface area (Å²) in [5, 5.41) is 4.96. The van der Waals surface area contributed by atoms with Gasteiger partial charge in [0, 0.05) is 12.1 Å². The van der Waals surface area contributed by atoms with Crippen molar-refractivity contribution < 1.29 is 22.8 Å². The minimum absolute atomic E-state index is 0.0740. The van der Waals surface area contributed by atoms with Gasteiger partial charge in [-0.3, -0.25) is 0 Å². The summed E-state index contributed by atoms with van der Waals surface area (Å²) in [6.45, 7) is 1.12. The minimum atomic E-state index is -3.89. The van der Waals surface area contributed by atoms with Crippen molar-refractivity contribution in [2.75, 3.05) is 0 Å². The number of nitrogens with two attached hydrogens (primary N) is 1. The van der Waals surface area contributed by atoms with Crippen LogP contribution in [0.15, 0.2) is 41.3 Å². The predicted molar refractivity (Wildman–Crippen MR) is 69.4 cm³/mol. The second kappa shape index (κ2) is 4.44. The molecule has 8 heteroatoms. The summed E-state index contributed by atoms with van der Waals surface area (Å²) in [5.74, 6) is -2.05. The Balaban J connectivity index is 2.62. The van der Waals surface area contributed by atoms with E-state index in [0.29, 0.717) is 0 Å².